The number of sulfonamides is 1. The van der Waals surface area contributed by atoms with Gasteiger partial charge in [0.05, 0.1) is 11.4 Å². The number of hydrogen-bond donors (Lipinski definition) is 1. The van der Waals surface area contributed by atoms with Crippen LogP contribution in [0, 0.1) is 12.8 Å². The SMILES string of the molecule is Cc1ccc(S(=O)(=O)N(C)CC(=O)N[C@@H]2CCCC[C@H]2C)cc1. The highest BCUT2D eigenvalue weighted by atomic mass is 32.2. The van der Waals surface area contributed by atoms with Crippen molar-refractivity contribution in [2.75, 3.05) is 13.6 Å². The van der Waals surface area contributed by atoms with Crippen LogP contribution in [0.4, 0.5) is 0 Å². The second kappa shape index (κ2) is 7.45. The molecular formula is C17H26N2O3S. The number of rotatable bonds is 5. The highest BCUT2D eigenvalue weighted by molar-refractivity contribution is 7.89. The second-order valence-corrected chi connectivity index (χ2v) is 8.55. The smallest absolute Gasteiger partial charge is 0.243 e. The fraction of sp³-hybridized carbons (Fsp3) is 0.588. The summed E-state index contributed by atoms with van der Waals surface area (Å²) >= 11 is 0. The lowest BCUT2D eigenvalue weighted by Crippen LogP contribution is -2.46. The van der Waals surface area contributed by atoms with Crippen molar-refractivity contribution >= 4 is 15.9 Å². The van der Waals surface area contributed by atoms with E-state index in [9.17, 15) is 13.2 Å². The van der Waals surface area contributed by atoms with E-state index in [1.807, 2.05) is 6.92 Å². The van der Waals surface area contributed by atoms with E-state index in [1.165, 1.54) is 13.5 Å². The fourth-order valence-electron chi connectivity index (χ4n) is 2.96. The van der Waals surface area contributed by atoms with Gasteiger partial charge < -0.3 is 5.32 Å². The van der Waals surface area contributed by atoms with Gasteiger partial charge >= 0.3 is 0 Å². The highest BCUT2D eigenvalue weighted by Gasteiger charge is 2.26. The molecule has 1 fully saturated rings. The second-order valence-electron chi connectivity index (χ2n) is 6.51. The van der Waals surface area contributed by atoms with Crippen LogP contribution in [0.3, 0.4) is 0 Å². The van der Waals surface area contributed by atoms with Crippen LogP contribution in [-0.2, 0) is 14.8 Å². The molecule has 1 aromatic carbocycles. The first-order valence-electron chi connectivity index (χ1n) is 8.13. The molecule has 2 rings (SSSR count). The molecule has 0 unspecified atom stereocenters. The molecule has 1 saturated carbocycles. The zero-order valence-electron chi connectivity index (χ0n) is 14.1. The number of nitrogens with zero attached hydrogens (tertiary/aromatic N) is 1. The summed E-state index contributed by atoms with van der Waals surface area (Å²) in [7, 11) is -2.19. The maximum atomic E-state index is 12.5. The van der Waals surface area contributed by atoms with Crippen molar-refractivity contribution in [3.63, 3.8) is 0 Å². The number of carbonyl (C=O) groups is 1. The molecule has 6 heteroatoms. The average molecular weight is 338 g/mol. The topological polar surface area (TPSA) is 66.5 Å². The Hall–Kier alpha value is -1.40. The molecule has 128 valence electrons. The Morgan fingerprint density at radius 3 is 2.43 bits per heavy atom. The molecule has 1 aliphatic carbocycles. The fourth-order valence-corrected chi connectivity index (χ4v) is 4.09. The Morgan fingerprint density at radius 2 is 1.83 bits per heavy atom. The van der Waals surface area contributed by atoms with Gasteiger partial charge in [-0.1, -0.05) is 37.5 Å². The molecule has 0 spiro atoms. The van der Waals surface area contributed by atoms with Crippen molar-refractivity contribution in [1.29, 1.82) is 0 Å². The van der Waals surface area contributed by atoms with Crippen LogP contribution in [-0.4, -0.2) is 38.3 Å². The van der Waals surface area contributed by atoms with Gasteiger partial charge in [-0.05, 0) is 37.8 Å². The van der Waals surface area contributed by atoms with Gasteiger partial charge in [0.1, 0.15) is 0 Å². The number of amides is 1. The molecule has 1 amide bonds. The monoisotopic (exact) mass is 338 g/mol. The first-order valence-corrected chi connectivity index (χ1v) is 9.57. The van der Waals surface area contributed by atoms with Gasteiger partial charge in [0, 0.05) is 13.1 Å². The maximum Gasteiger partial charge on any atom is 0.243 e. The molecule has 23 heavy (non-hydrogen) atoms. The van der Waals surface area contributed by atoms with E-state index in [0.717, 1.165) is 29.1 Å². The molecule has 5 nitrogen and oxygen atoms in total. The van der Waals surface area contributed by atoms with Crippen LogP contribution in [0.25, 0.3) is 0 Å². The number of carbonyl (C=O) groups excluding carboxylic acids is 1. The third-order valence-electron chi connectivity index (χ3n) is 4.55. The van der Waals surface area contributed by atoms with E-state index < -0.39 is 10.0 Å². The Morgan fingerprint density at radius 1 is 1.22 bits per heavy atom. The van der Waals surface area contributed by atoms with Crippen LogP contribution in [0.5, 0.6) is 0 Å². The summed E-state index contributed by atoms with van der Waals surface area (Å²) in [6.07, 6.45) is 4.41. The van der Waals surface area contributed by atoms with Gasteiger partial charge in [-0.15, -0.1) is 0 Å². The zero-order valence-corrected chi connectivity index (χ0v) is 14.9. The molecule has 0 heterocycles. The first-order chi connectivity index (χ1) is 10.8. The van der Waals surface area contributed by atoms with Crippen molar-refractivity contribution in [3.8, 4) is 0 Å². The number of nitrogens with one attached hydrogen (secondary N) is 1. The van der Waals surface area contributed by atoms with Gasteiger partial charge in [0.15, 0.2) is 0 Å². The molecule has 0 aliphatic heterocycles. The largest absolute Gasteiger partial charge is 0.352 e. The Kier molecular flexibility index (Phi) is 5.81. The number of aryl methyl sites for hydroxylation is 1. The van der Waals surface area contributed by atoms with Gasteiger partial charge in [-0.3, -0.25) is 4.79 Å². The van der Waals surface area contributed by atoms with Gasteiger partial charge in [-0.25, -0.2) is 8.42 Å². The molecule has 2 atom stereocenters. The lowest BCUT2D eigenvalue weighted by Gasteiger charge is -2.30. The third kappa shape index (κ3) is 4.54. The maximum absolute atomic E-state index is 12.5. The summed E-state index contributed by atoms with van der Waals surface area (Å²) in [6, 6.07) is 6.81. The van der Waals surface area contributed by atoms with Crippen LogP contribution in [0.15, 0.2) is 29.2 Å². The minimum absolute atomic E-state index is 0.153. The van der Waals surface area contributed by atoms with E-state index >= 15 is 0 Å². The molecular weight excluding hydrogens is 312 g/mol. The summed E-state index contributed by atoms with van der Waals surface area (Å²) in [5.41, 5.74) is 0.996. The molecule has 0 saturated heterocycles. The van der Waals surface area contributed by atoms with E-state index in [1.54, 1.807) is 24.3 Å². The Labute approximate surface area is 139 Å². The number of hydrogen-bond acceptors (Lipinski definition) is 3. The average Bonchev–Trinajstić information content (AvgIpc) is 2.50. The Bertz CT molecular complexity index is 640. The molecule has 1 aliphatic rings. The quantitative estimate of drug-likeness (QED) is 0.896. The molecule has 0 radical (unpaired) electrons. The van der Waals surface area contributed by atoms with Crippen molar-refractivity contribution in [2.45, 2.75) is 50.5 Å². The molecule has 0 bridgehead atoms. The van der Waals surface area contributed by atoms with E-state index in [2.05, 4.69) is 12.2 Å². The minimum Gasteiger partial charge on any atom is -0.352 e. The molecule has 1 aromatic rings. The molecule has 0 aromatic heterocycles. The van der Waals surface area contributed by atoms with Crippen molar-refractivity contribution in [1.82, 2.24) is 9.62 Å². The minimum atomic E-state index is -3.63. The first kappa shape index (κ1) is 17.9. The highest BCUT2D eigenvalue weighted by Crippen LogP contribution is 2.23. The lowest BCUT2D eigenvalue weighted by molar-refractivity contribution is -0.122. The van der Waals surface area contributed by atoms with Crippen LogP contribution in [0.1, 0.15) is 38.2 Å². The van der Waals surface area contributed by atoms with Crippen molar-refractivity contribution in [3.05, 3.63) is 29.8 Å². The predicted molar refractivity (Wildman–Crippen MR) is 90.6 cm³/mol. The van der Waals surface area contributed by atoms with E-state index in [-0.39, 0.29) is 23.4 Å². The van der Waals surface area contributed by atoms with Crippen LogP contribution >= 0.6 is 0 Å². The summed E-state index contributed by atoms with van der Waals surface area (Å²) < 4.78 is 26.1. The zero-order chi connectivity index (χ0) is 17.0. The summed E-state index contributed by atoms with van der Waals surface area (Å²) in [5, 5.41) is 2.99. The Balaban J connectivity index is 1.98. The summed E-state index contributed by atoms with van der Waals surface area (Å²) in [5.74, 6) is 0.216. The number of likely N-dealkylation sites (N-methyl/N-ethyl adjacent to an activating group) is 1. The summed E-state index contributed by atoms with van der Waals surface area (Å²) in [6.45, 7) is 3.88. The third-order valence-corrected chi connectivity index (χ3v) is 6.37. The van der Waals surface area contributed by atoms with Crippen LogP contribution < -0.4 is 5.32 Å². The van der Waals surface area contributed by atoms with Crippen molar-refractivity contribution in [2.24, 2.45) is 5.92 Å². The van der Waals surface area contributed by atoms with E-state index in [4.69, 9.17) is 0 Å². The lowest BCUT2D eigenvalue weighted by atomic mass is 9.86. The van der Waals surface area contributed by atoms with Gasteiger partial charge in [0.2, 0.25) is 15.9 Å². The van der Waals surface area contributed by atoms with E-state index in [0.29, 0.717) is 5.92 Å². The normalized spacial score (nSPS) is 22.1. The van der Waals surface area contributed by atoms with Gasteiger partial charge in [0.25, 0.3) is 0 Å². The number of benzene rings is 1. The van der Waals surface area contributed by atoms with Crippen molar-refractivity contribution < 1.29 is 13.2 Å². The standard InChI is InChI=1S/C17H26N2O3S/c1-13-8-10-15(11-9-13)23(21,22)19(3)12-17(20)18-16-7-5-4-6-14(16)2/h8-11,14,16H,4-7,12H2,1-3H3,(H,18,20)/t14-,16-/m1/s1. The summed E-state index contributed by atoms with van der Waals surface area (Å²) in [4.78, 5) is 12.4. The predicted octanol–water partition coefficient (Wildman–Crippen LogP) is 2.31. The van der Waals surface area contributed by atoms with Gasteiger partial charge in [-0.2, -0.15) is 4.31 Å². The molecule has 1 N–H and O–H groups in total. The van der Waals surface area contributed by atoms with Crippen LogP contribution in [0.2, 0.25) is 0 Å².